The van der Waals surface area contributed by atoms with Crippen molar-refractivity contribution in [3.05, 3.63) is 82.0 Å². The highest BCUT2D eigenvalue weighted by Crippen LogP contribution is 2.27. The molecule has 0 radical (unpaired) electrons. The van der Waals surface area contributed by atoms with Gasteiger partial charge in [-0.25, -0.2) is 17.8 Å². The molecule has 3 heterocycles. The number of hydrogen-bond donors (Lipinski definition) is 0. The Morgan fingerprint density at radius 2 is 1.74 bits per heavy atom. The van der Waals surface area contributed by atoms with Crippen molar-refractivity contribution < 1.29 is 12.8 Å². The van der Waals surface area contributed by atoms with E-state index in [1.165, 1.54) is 21.0 Å². The molecule has 11 heteroatoms. The monoisotopic (exact) mass is 499 g/mol. The van der Waals surface area contributed by atoms with Crippen molar-refractivity contribution in [3.63, 3.8) is 0 Å². The lowest BCUT2D eigenvalue weighted by Crippen LogP contribution is -2.48. The van der Waals surface area contributed by atoms with Gasteiger partial charge in [-0.05, 0) is 30.7 Å². The van der Waals surface area contributed by atoms with E-state index in [2.05, 4.69) is 15.0 Å². The molecular weight excluding hydrogens is 477 g/mol. The van der Waals surface area contributed by atoms with Crippen LogP contribution in [0.1, 0.15) is 11.3 Å². The summed E-state index contributed by atoms with van der Waals surface area (Å²) in [6, 6.07) is 14.7. The Kier molecular flexibility index (Phi) is 6.02. The molecule has 0 atom stereocenters. The van der Waals surface area contributed by atoms with Crippen LogP contribution >= 0.6 is 11.3 Å². The predicted octanol–water partition coefficient (Wildman–Crippen LogP) is 2.77. The van der Waals surface area contributed by atoms with E-state index in [0.717, 1.165) is 16.9 Å². The molecule has 0 amide bonds. The van der Waals surface area contributed by atoms with Crippen LogP contribution in [0.2, 0.25) is 0 Å². The first-order valence-electron chi connectivity index (χ1n) is 10.8. The highest BCUT2D eigenvalue weighted by Gasteiger charge is 2.29. The minimum atomic E-state index is -3.55. The number of fused-ring (bicyclic) bond motifs is 1. The average Bonchev–Trinajstić information content (AvgIpc) is 3.24. The molecule has 0 saturated carbocycles. The van der Waals surface area contributed by atoms with Crippen molar-refractivity contribution in [3.8, 4) is 10.6 Å². The van der Waals surface area contributed by atoms with Crippen molar-refractivity contribution in [2.24, 2.45) is 0 Å². The Balaban J connectivity index is 1.31. The lowest BCUT2D eigenvalue weighted by molar-refractivity contribution is 0.180. The number of nitrogens with zero attached hydrogens (tertiary/aromatic N) is 5. The second-order valence-electron chi connectivity index (χ2n) is 8.11. The van der Waals surface area contributed by atoms with Gasteiger partial charge in [0, 0.05) is 44.4 Å². The van der Waals surface area contributed by atoms with E-state index in [0.29, 0.717) is 58.8 Å². The minimum Gasteiger partial charge on any atom is -0.295 e. The van der Waals surface area contributed by atoms with Crippen LogP contribution in [-0.4, -0.2) is 58.4 Å². The van der Waals surface area contributed by atoms with Gasteiger partial charge in [0.2, 0.25) is 15.0 Å². The van der Waals surface area contributed by atoms with Crippen molar-refractivity contribution in [2.45, 2.75) is 18.4 Å². The van der Waals surface area contributed by atoms with Crippen LogP contribution in [0.25, 0.3) is 15.5 Å². The Morgan fingerprint density at radius 1 is 1.03 bits per heavy atom. The van der Waals surface area contributed by atoms with Gasteiger partial charge < -0.3 is 0 Å². The van der Waals surface area contributed by atoms with Crippen LogP contribution in [0.15, 0.2) is 64.3 Å². The fourth-order valence-electron chi connectivity index (χ4n) is 4.02. The van der Waals surface area contributed by atoms with E-state index in [9.17, 15) is 17.6 Å². The summed E-state index contributed by atoms with van der Waals surface area (Å²) in [5, 5.41) is 4.62. The van der Waals surface area contributed by atoms with Gasteiger partial charge in [0.15, 0.2) is 5.01 Å². The van der Waals surface area contributed by atoms with E-state index >= 15 is 0 Å². The topological polar surface area (TPSA) is 87.9 Å². The normalized spacial score (nSPS) is 15.7. The molecule has 1 saturated heterocycles. The van der Waals surface area contributed by atoms with Crippen molar-refractivity contribution in [2.75, 3.05) is 26.2 Å². The zero-order chi connectivity index (χ0) is 23.9. The minimum absolute atomic E-state index is 0.324. The maximum absolute atomic E-state index is 14.1. The molecular formula is C23H22FN5O3S2. The summed E-state index contributed by atoms with van der Waals surface area (Å²) in [6.45, 7) is 3.97. The molecule has 1 fully saturated rings. The van der Waals surface area contributed by atoms with E-state index in [4.69, 9.17) is 0 Å². The first-order chi connectivity index (χ1) is 16.3. The number of piperazine rings is 1. The molecule has 1 aliphatic rings. The third kappa shape index (κ3) is 4.27. The summed E-state index contributed by atoms with van der Waals surface area (Å²) in [6.07, 6.45) is 0. The molecule has 0 N–H and O–H groups in total. The molecule has 34 heavy (non-hydrogen) atoms. The molecule has 2 aromatic heterocycles. The standard InChI is InChI=1S/C23H22FN5O3S2/c1-16-6-2-5-9-20(16)34(31,32)28-12-10-27(11-13-28)15-17-14-21(30)29-23(25-17)33-22(26-29)18-7-3-4-8-19(18)24/h2-9,14H,10-13,15H2,1H3. The van der Waals surface area contributed by atoms with Crippen LogP contribution in [0.5, 0.6) is 0 Å². The second kappa shape index (κ2) is 8.99. The molecule has 8 nitrogen and oxygen atoms in total. The fourth-order valence-corrected chi connectivity index (χ4v) is 6.62. The average molecular weight is 500 g/mol. The largest absolute Gasteiger partial charge is 0.295 e. The third-order valence-corrected chi connectivity index (χ3v) is 8.83. The summed E-state index contributed by atoms with van der Waals surface area (Å²) in [4.78, 5) is 20.0. The van der Waals surface area contributed by atoms with Crippen molar-refractivity contribution in [1.29, 1.82) is 0 Å². The number of benzene rings is 2. The summed E-state index contributed by atoms with van der Waals surface area (Å²) in [5.74, 6) is -0.409. The fraction of sp³-hybridized carbons (Fsp3) is 0.261. The van der Waals surface area contributed by atoms with Gasteiger partial charge in [-0.2, -0.15) is 13.9 Å². The Labute approximate surface area is 200 Å². The van der Waals surface area contributed by atoms with E-state index in [1.807, 2.05) is 6.07 Å². The molecule has 0 spiro atoms. The number of halogens is 1. The lowest BCUT2D eigenvalue weighted by Gasteiger charge is -2.34. The van der Waals surface area contributed by atoms with Crippen LogP contribution in [0.4, 0.5) is 4.39 Å². The highest BCUT2D eigenvalue weighted by atomic mass is 32.2. The number of aryl methyl sites for hydroxylation is 1. The van der Waals surface area contributed by atoms with Gasteiger partial charge >= 0.3 is 0 Å². The zero-order valence-electron chi connectivity index (χ0n) is 18.4. The van der Waals surface area contributed by atoms with Gasteiger partial charge in [0.05, 0.1) is 10.6 Å². The zero-order valence-corrected chi connectivity index (χ0v) is 20.0. The number of aromatic nitrogens is 3. The Bertz CT molecular complexity index is 1530. The second-order valence-corrected chi connectivity index (χ2v) is 11.0. The van der Waals surface area contributed by atoms with Crippen LogP contribution in [-0.2, 0) is 16.6 Å². The van der Waals surface area contributed by atoms with E-state index in [-0.39, 0.29) is 5.56 Å². The van der Waals surface area contributed by atoms with Gasteiger partial charge in [-0.1, -0.05) is 41.7 Å². The van der Waals surface area contributed by atoms with Gasteiger partial charge in [-0.15, -0.1) is 0 Å². The summed E-state index contributed by atoms with van der Waals surface area (Å²) < 4.78 is 42.9. The first kappa shape index (κ1) is 22.8. The maximum atomic E-state index is 14.1. The van der Waals surface area contributed by atoms with Crippen molar-refractivity contribution >= 4 is 26.3 Å². The Morgan fingerprint density at radius 3 is 2.47 bits per heavy atom. The van der Waals surface area contributed by atoms with Crippen LogP contribution < -0.4 is 5.56 Å². The van der Waals surface area contributed by atoms with Crippen LogP contribution in [0.3, 0.4) is 0 Å². The lowest BCUT2D eigenvalue weighted by atomic mass is 10.2. The van der Waals surface area contributed by atoms with E-state index < -0.39 is 15.8 Å². The summed E-state index contributed by atoms with van der Waals surface area (Å²) in [7, 11) is -3.55. The third-order valence-electron chi connectivity index (χ3n) is 5.83. The molecule has 0 bridgehead atoms. The Hall–Kier alpha value is -2.99. The van der Waals surface area contributed by atoms with Gasteiger partial charge in [0.25, 0.3) is 5.56 Å². The predicted molar refractivity (Wildman–Crippen MR) is 128 cm³/mol. The summed E-state index contributed by atoms with van der Waals surface area (Å²) >= 11 is 1.15. The molecule has 1 aliphatic heterocycles. The quantitative estimate of drug-likeness (QED) is 0.420. The smallest absolute Gasteiger partial charge is 0.275 e. The molecule has 0 aliphatic carbocycles. The molecule has 4 aromatic rings. The maximum Gasteiger partial charge on any atom is 0.275 e. The molecule has 0 unspecified atom stereocenters. The molecule has 5 rings (SSSR count). The van der Waals surface area contributed by atoms with Crippen LogP contribution in [0, 0.1) is 12.7 Å². The summed E-state index contributed by atoms with van der Waals surface area (Å²) in [5.41, 5.74) is 1.29. The molecule has 176 valence electrons. The van der Waals surface area contributed by atoms with Gasteiger partial charge in [0.1, 0.15) is 5.82 Å². The SMILES string of the molecule is Cc1ccccc1S(=O)(=O)N1CCN(Cc2cc(=O)n3nc(-c4ccccc4F)sc3n2)CC1. The van der Waals surface area contributed by atoms with Gasteiger partial charge in [-0.3, -0.25) is 9.69 Å². The van der Waals surface area contributed by atoms with E-state index in [1.54, 1.807) is 43.3 Å². The number of rotatable bonds is 5. The van der Waals surface area contributed by atoms with Crippen molar-refractivity contribution in [1.82, 2.24) is 23.8 Å². The number of hydrogen-bond acceptors (Lipinski definition) is 7. The first-order valence-corrected chi connectivity index (χ1v) is 13.0. The molecule has 2 aromatic carbocycles. The number of sulfonamides is 1. The highest BCUT2D eigenvalue weighted by molar-refractivity contribution is 7.89.